The van der Waals surface area contributed by atoms with Crippen molar-refractivity contribution < 1.29 is 5.11 Å². The lowest BCUT2D eigenvalue weighted by Crippen LogP contribution is -2.19. The fraction of sp³-hybridized carbons (Fsp3) is 0.375. The Hall–Kier alpha value is -1.54. The number of phenols is 1. The summed E-state index contributed by atoms with van der Waals surface area (Å²) in [5, 5.41) is 15.6. The predicted octanol–water partition coefficient (Wildman–Crippen LogP) is 3.09. The molecule has 2 nitrogen and oxygen atoms in total. The number of aromatic hydroxyl groups is 1. The van der Waals surface area contributed by atoms with Crippen LogP contribution in [0.3, 0.4) is 0 Å². The first-order valence-electron chi connectivity index (χ1n) is 6.74. The summed E-state index contributed by atoms with van der Waals surface area (Å²) in [6.07, 6.45) is 3.76. The van der Waals surface area contributed by atoms with E-state index in [1.165, 1.54) is 23.8 Å². The highest BCUT2D eigenvalue weighted by Gasteiger charge is 2.19. The minimum Gasteiger partial charge on any atom is -0.508 e. The van der Waals surface area contributed by atoms with Crippen molar-refractivity contribution in [3.8, 4) is 5.75 Å². The molecule has 0 spiro atoms. The molecule has 0 atom stereocenters. The lowest BCUT2D eigenvalue weighted by atomic mass is 10.0. The van der Waals surface area contributed by atoms with E-state index in [-0.39, 0.29) is 0 Å². The summed E-state index contributed by atoms with van der Waals surface area (Å²) >= 11 is 0. The molecule has 0 bridgehead atoms. The minimum atomic E-state index is 0.367. The molecule has 0 heterocycles. The summed E-state index contributed by atoms with van der Waals surface area (Å²) in [4.78, 5) is 0. The maximum atomic E-state index is 9.75. The Labute approximate surface area is 108 Å². The number of phenolic OH excluding ortho intramolecular Hbond substituents is 1. The molecule has 0 unspecified atom stereocenters. The maximum absolute atomic E-state index is 9.75. The number of benzene rings is 2. The quantitative estimate of drug-likeness (QED) is 0.788. The topological polar surface area (TPSA) is 32.3 Å². The third-order valence-electron chi connectivity index (χ3n) is 3.63. The Bertz CT molecular complexity index is 546. The molecular weight excluding hydrogens is 222 g/mol. The molecular formula is C16H19NO. The second-order valence-corrected chi connectivity index (χ2v) is 5.22. The van der Waals surface area contributed by atoms with Gasteiger partial charge in [0.15, 0.2) is 0 Å². The van der Waals surface area contributed by atoms with Crippen LogP contribution in [0.25, 0.3) is 10.8 Å². The molecule has 1 saturated carbocycles. The van der Waals surface area contributed by atoms with Gasteiger partial charge in [-0.1, -0.05) is 24.3 Å². The zero-order valence-electron chi connectivity index (χ0n) is 10.5. The van der Waals surface area contributed by atoms with E-state index >= 15 is 0 Å². The van der Waals surface area contributed by atoms with E-state index in [9.17, 15) is 5.11 Å². The first-order chi connectivity index (χ1) is 8.83. The van der Waals surface area contributed by atoms with Crippen molar-refractivity contribution in [2.24, 2.45) is 5.92 Å². The molecule has 18 heavy (non-hydrogen) atoms. The fourth-order valence-electron chi connectivity index (χ4n) is 2.43. The molecule has 1 aliphatic rings. The molecule has 0 aromatic heterocycles. The molecule has 1 fully saturated rings. The van der Waals surface area contributed by atoms with Gasteiger partial charge in [-0.15, -0.1) is 0 Å². The molecule has 0 radical (unpaired) electrons. The first-order valence-corrected chi connectivity index (χ1v) is 6.74. The number of hydrogen-bond donors (Lipinski definition) is 2. The van der Waals surface area contributed by atoms with Gasteiger partial charge in [0, 0.05) is 0 Å². The Morgan fingerprint density at radius 3 is 2.83 bits per heavy atom. The van der Waals surface area contributed by atoms with Gasteiger partial charge in [-0.2, -0.15) is 0 Å². The van der Waals surface area contributed by atoms with Crippen molar-refractivity contribution in [3.63, 3.8) is 0 Å². The van der Waals surface area contributed by atoms with E-state index in [1.54, 1.807) is 0 Å². The number of hydrogen-bond acceptors (Lipinski definition) is 2. The van der Waals surface area contributed by atoms with Crippen molar-refractivity contribution in [1.82, 2.24) is 5.32 Å². The minimum absolute atomic E-state index is 0.367. The Kier molecular flexibility index (Phi) is 3.20. The van der Waals surface area contributed by atoms with Crippen LogP contribution < -0.4 is 5.32 Å². The molecule has 3 rings (SSSR count). The summed E-state index contributed by atoms with van der Waals surface area (Å²) in [6, 6.07) is 12.0. The fourth-order valence-corrected chi connectivity index (χ4v) is 2.43. The molecule has 2 aromatic carbocycles. The standard InChI is InChI=1S/C16H19NO/c18-15-9-13-3-1-2-4-16(13)14(10-15)7-8-17-11-12-5-6-12/h1-4,9-10,12,17-18H,5-8,11H2. The van der Waals surface area contributed by atoms with Crippen molar-refractivity contribution >= 4 is 10.8 Å². The van der Waals surface area contributed by atoms with Crippen molar-refractivity contribution in [2.75, 3.05) is 13.1 Å². The molecule has 2 N–H and O–H groups in total. The Morgan fingerprint density at radius 2 is 2.00 bits per heavy atom. The van der Waals surface area contributed by atoms with E-state index in [0.29, 0.717) is 5.75 Å². The molecule has 94 valence electrons. The van der Waals surface area contributed by atoms with Gasteiger partial charge in [0.1, 0.15) is 5.75 Å². The van der Waals surface area contributed by atoms with E-state index in [2.05, 4.69) is 23.5 Å². The molecule has 0 aliphatic heterocycles. The van der Waals surface area contributed by atoms with Gasteiger partial charge in [-0.3, -0.25) is 0 Å². The van der Waals surface area contributed by atoms with Gasteiger partial charge in [0.25, 0.3) is 0 Å². The van der Waals surface area contributed by atoms with Crippen LogP contribution in [0.15, 0.2) is 36.4 Å². The van der Waals surface area contributed by atoms with Crippen LogP contribution in [0, 0.1) is 5.92 Å². The summed E-state index contributed by atoms with van der Waals surface area (Å²) in [7, 11) is 0. The number of fused-ring (bicyclic) bond motifs is 1. The van der Waals surface area contributed by atoms with Gasteiger partial charge >= 0.3 is 0 Å². The maximum Gasteiger partial charge on any atom is 0.116 e. The number of rotatable bonds is 5. The van der Waals surface area contributed by atoms with E-state index in [0.717, 1.165) is 30.8 Å². The van der Waals surface area contributed by atoms with Crippen LogP contribution in [0.1, 0.15) is 18.4 Å². The zero-order chi connectivity index (χ0) is 12.4. The van der Waals surface area contributed by atoms with Crippen LogP contribution in [0.5, 0.6) is 5.75 Å². The highest BCUT2D eigenvalue weighted by molar-refractivity contribution is 5.87. The van der Waals surface area contributed by atoms with Crippen molar-refractivity contribution in [1.29, 1.82) is 0 Å². The zero-order valence-corrected chi connectivity index (χ0v) is 10.5. The highest BCUT2D eigenvalue weighted by atomic mass is 16.3. The largest absolute Gasteiger partial charge is 0.508 e. The third-order valence-corrected chi connectivity index (χ3v) is 3.63. The van der Waals surface area contributed by atoms with Crippen LogP contribution in [0.4, 0.5) is 0 Å². The molecule has 0 saturated heterocycles. The number of nitrogens with one attached hydrogen (secondary N) is 1. The van der Waals surface area contributed by atoms with Crippen LogP contribution >= 0.6 is 0 Å². The molecule has 0 amide bonds. The van der Waals surface area contributed by atoms with Crippen LogP contribution in [-0.2, 0) is 6.42 Å². The second-order valence-electron chi connectivity index (χ2n) is 5.22. The van der Waals surface area contributed by atoms with Crippen molar-refractivity contribution in [3.05, 3.63) is 42.0 Å². The van der Waals surface area contributed by atoms with Crippen LogP contribution in [0.2, 0.25) is 0 Å². The van der Waals surface area contributed by atoms with Gasteiger partial charge < -0.3 is 10.4 Å². The lowest BCUT2D eigenvalue weighted by Gasteiger charge is -2.08. The van der Waals surface area contributed by atoms with E-state index < -0.39 is 0 Å². The highest BCUT2D eigenvalue weighted by Crippen LogP contribution is 2.28. The SMILES string of the molecule is Oc1cc(CCNCC2CC2)c2ccccc2c1. The van der Waals surface area contributed by atoms with Gasteiger partial charge in [0.05, 0.1) is 0 Å². The Morgan fingerprint density at radius 1 is 1.17 bits per heavy atom. The second kappa shape index (κ2) is 4.99. The summed E-state index contributed by atoms with van der Waals surface area (Å²) < 4.78 is 0. The smallest absolute Gasteiger partial charge is 0.116 e. The predicted molar refractivity (Wildman–Crippen MR) is 74.9 cm³/mol. The molecule has 2 heteroatoms. The normalized spacial score (nSPS) is 15.1. The lowest BCUT2D eigenvalue weighted by molar-refractivity contribution is 0.475. The average molecular weight is 241 g/mol. The summed E-state index contributed by atoms with van der Waals surface area (Å²) in [5.74, 6) is 1.29. The molecule has 1 aliphatic carbocycles. The Balaban J connectivity index is 1.72. The molecule has 2 aromatic rings. The monoisotopic (exact) mass is 241 g/mol. The average Bonchev–Trinajstić information content (AvgIpc) is 3.18. The van der Waals surface area contributed by atoms with E-state index in [4.69, 9.17) is 0 Å². The van der Waals surface area contributed by atoms with E-state index in [1.807, 2.05) is 18.2 Å². The summed E-state index contributed by atoms with van der Waals surface area (Å²) in [6.45, 7) is 2.14. The van der Waals surface area contributed by atoms with Gasteiger partial charge in [-0.25, -0.2) is 0 Å². The van der Waals surface area contributed by atoms with Gasteiger partial charge in [-0.05, 0) is 66.7 Å². The van der Waals surface area contributed by atoms with Crippen LogP contribution in [-0.4, -0.2) is 18.2 Å². The first kappa shape index (κ1) is 11.5. The van der Waals surface area contributed by atoms with Crippen molar-refractivity contribution in [2.45, 2.75) is 19.3 Å². The third kappa shape index (κ3) is 2.65. The van der Waals surface area contributed by atoms with Gasteiger partial charge in [0.2, 0.25) is 0 Å². The summed E-state index contributed by atoms with van der Waals surface area (Å²) in [5.41, 5.74) is 1.23.